The standard InChI is InChI=1S/C53H68N8O8/c1-9-60-43-15-14-33-22-38(43)39(46(60)37-12-10-16-54-44(37)31(4)68-8)25-52(5,6)29-69-51(67)40-13-11-17-61(57-40)50(66)41(20-32-18-34(33)21-36(62)19-32)56-47(63)45(30(2)3)58(7)48(64)35-23-53(24-35)27-59(28-53)49(65)42-26-55-42/h10,12,14-16,18-19,21-22,30-31,35,40-42,45,55,57,62H,9,11,13,17,20,23-29H2,1-8H3,(H,56,63)/t31-,40-,41-,42-,45-/m0/s1. The Balaban J connectivity index is 1.05. The van der Waals surface area contributed by atoms with Gasteiger partial charge in [-0.25, -0.2) is 5.43 Å². The van der Waals surface area contributed by atoms with Crippen molar-refractivity contribution in [2.24, 2.45) is 22.7 Å². The van der Waals surface area contributed by atoms with E-state index in [0.29, 0.717) is 70.4 Å². The molecule has 4 aliphatic heterocycles. The second kappa shape index (κ2) is 18.8. The molecule has 6 bridgehead atoms. The normalized spacial score (nSPS) is 23.1. The van der Waals surface area contributed by atoms with E-state index < -0.39 is 41.3 Å². The number of esters is 1. The number of benzene rings is 2. The van der Waals surface area contributed by atoms with Gasteiger partial charge in [-0.05, 0) is 111 Å². The van der Waals surface area contributed by atoms with Gasteiger partial charge in [-0.2, -0.15) is 0 Å². The second-order valence-corrected chi connectivity index (χ2v) is 21.4. The first-order valence-corrected chi connectivity index (χ1v) is 24.7. The summed E-state index contributed by atoms with van der Waals surface area (Å²) in [6.07, 6.45) is 4.34. The molecule has 0 unspecified atom stereocenters. The van der Waals surface area contributed by atoms with Crippen LogP contribution in [0.15, 0.2) is 54.7 Å². The fourth-order valence-corrected chi connectivity index (χ4v) is 11.5. The van der Waals surface area contributed by atoms with Crippen molar-refractivity contribution in [2.75, 3.05) is 46.9 Å². The summed E-state index contributed by atoms with van der Waals surface area (Å²) < 4.78 is 14.2. The van der Waals surface area contributed by atoms with Gasteiger partial charge in [-0.15, -0.1) is 0 Å². The molecule has 368 valence electrons. The summed E-state index contributed by atoms with van der Waals surface area (Å²) >= 11 is 0. The van der Waals surface area contributed by atoms with E-state index in [4.69, 9.17) is 14.5 Å². The van der Waals surface area contributed by atoms with Crippen LogP contribution in [0.1, 0.15) is 90.2 Å². The highest BCUT2D eigenvalue weighted by Crippen LogP contribution is 2.53. The number of hydrogen-bond donors (Lipinski definition) is 4. The number of aromatic hydroxyl groups is 1. The average Bonchev–Trinajstić information content (AvgIpc) is 4.11. The number of hydrogen-bond acceptors (Lipinski definition) is 11. The van der Waals surface area contributed by atoms with Gasteiger partial charge in [-0.3, -0.25) is 34.0 Å². The molecule has 1 saturated carbocycles. The summed E-state index contributed by atoms with van der Waals surface area (Å²) in [6.45, 7) is 15.1. The number of phenolic OH excluding ortho intramolecular Hbond substituents is 1. The van der Waals surface area contributed by atoms with Gasteiger partial charge in [0.2, 0.25) is 17.7 Å². The van der Waals surface area contributed by atoms with Crippen LogP contribution in [0.5, 0.6) is 5.75 Å². The van der Waals surface area contributed by atoms with Gasteiger partial charge >= 0.3 is 5.97 Å². The predicted molar refractivity (Wildman–Crippen MR) is 260 cm³/mol. The Hall–Kier alpha value is -5.84. The number of hydrazine groups is 1. The molecule has 69 heavy (non-hydrogen) atoms. The number of aryl methyl sites for hydroxylation is 1. The first-order chi connectivity index (χ1) is 32.9. The van der Waals surface area contributed by atoms with E-state index in [1.54, 1.807) is 32.5 Å². The molecule has 16 nitrogen and oxygen atoms in total. The lowest BCUT2D eigenvalue weighted by Gasteiger charge is -2.59. The molecule has 4 fully saturated rings. The number of carbonyl (C=O) groups is 5. The van der Waals surface area contributed by atoms with Crippen LogP contribution in [0.2, 0.25) is 0 Å². The van der Waals surface area contributed by atoms with Crippen LogP contribution in [0.4, 0.5) is 0 Å². The third kappa shape index (κ3) is 9.47. The highest BCUT2D eigenvalue weighted by Gasteiger charge is 2.57. The van der Waals surface area contributed by atoms with Crippen molar-refractivity contribution >= 4 is 40.5 Å². The van der Waals surface area contributed by atoms with Crippen LogP contribution < -0.4 is 16.1 Å². The number of carbonyl (C=O) groups excluding carboxylic acids is 5. The van der Waals surface area contributed by atoms with E-state index >= 15 is 0 Å². The van der Waals surface area contributed by atoms with Gasteiger partial charge in [0.15, 0.2) is 0 Å². The molecule has 0 radical (unpaired) electrons. The summed E-state index contributed by atoms with van der Waals surface area (Å²) in [5.74, 6) is -1.97. The van der Waals surface area contributed by atoms with Gasteiger partial charge in [0.05, 0.1) is 30.1 Å². The van der Waals surface area contributed by atoms with Gasteiger partial charge < -0.3 is 39.6 Å². The topological polar surface area (TPSA) is 198 Å². The van der Waals surface area contributed by atoms with Crippen molar-refractivity contribution in [3.05, 3.63) is 71.5 Å². The third-order valence-electron chi connectivity index (χ3n) is 15.1. The van der Waals surface area contributed by atoms with E-state index in [-0.39, 0.29) is 60.0 Å². The monoisotopic (exact) mass is 945 g/mol. The van der Waals surface area contributed by atoms with Gasteiger partial charge in [0.25, 0.3) is 5.91 Å². The number of cyclic esters (lactones) is 1. The SMILES string of the molecule is CCn1c(-c2cccnc2[C@H](C)OC)c2c3cc(ccc31)-c1cc(O)cc(c1)C[C@H](NC(=O)[C@H](C(C)C)N(C)C(=O)C1CC3(C1)CN(C(=O)[C@@H]1CN1)C3)C(=O)N1CCC[C@H](N1)C(=O)OCC(C)(C)C2. The molecular formula is C53H68N8O8. The summed E-state index contributed by atoms with van der Waals surface area (Å²) in [7, 11) is 3.33. The predicted octanol–water partition coefficient (Wildman–Crippen LogP) is 5.15. The number of methoxy groups -OCH3 is 1. The summed E-state index contributed by atoms with van der Waals surface area (Å²) in [5.41, 5.74) is 9.58. The van der Waals surface area contributed by atoms with Crippen molar-refractivity contribution in [3.63, 3.8) is 0 Å². The maximum atomic E-state index is 14.8. The first-order valence-electron chi connectivity index (χ1n) is 24.7. The smallest absolute Gasteiger partial charge is 0.324 e. The van der Waals surface area contributed by atoms with Crippen LogP contribution in [-0.2, 0) is 52.8 Å². The number of likely N-dealkylation sites (N-methyl/N-ethyl adjacent to an activating group) is 1. The highest BCUT2D eigenvalue weighted by molar-refractivity contribution is 5.96. The molecule has 1 spiro atoms. The number of likely N-dealkylation sites (tertiary alicyclic amines) is 1. The zero-order valence-electron chi connectivity index (χ0n) is 41.3. The van der Waals surface area contributed by atoms with Crippen molar-refractivity contribution in [3.8, 4) is 28.1 Å². The molecule has 4 amide bonds. The quantitative estimate of drug-likeness (QED) is 0.121. The van der Waals surface area contributed by atoms with Crippen LogP contribution in [0, 0.1) is 22.7 Å². The number of amides is 4. The Kier molecular flexibility index (Phi) is 13.1. The average molecular weight is 945 g/mol. The van der Waals surface area contributed by atoms with Crippen molar-refractivity contribution < 1.29 is 38.6 Å². The van der Waals surface area contributed by atoms with Crippen LogP contribution in [0.3, 0.4) is 0 Å². The van der Waals surface area contributed by atoms with E-state index in [2.05, 4.69) is 59.6 Å². The van der Waals surface area contributed by atoms with Gasteiger partial charge in [0.1, 0.15) is 23.9 Å². The van der Waals surface area contributed by atoms with Crippen molar-refractivity contribution in [2.45, 2.75) is 117 Å². The molecule has 4 N–H and O–H groups in total. The molecule has 9 rings (SSSR count). The maximum Gasteiger partial charge on any atom is 0.324 e. The lowest BCUT2D eigenvalue weighted by molar-refractivity contribution is -0.166. The third-order valence-corrected chi connectivity index (χ3v) is 15.1. The fraction of sp³-hybridized carbons (Fsp3) is 0.547. The zero-order chi connectivity index (χ0) is 49.1. The van der Waals surface area contributed by atoms with E-state index in [1.165, 1.54) is 9.91 Å². The largest absolute Gasteiger partial charge is 0.508 e. The molecule has 2 aromatic heterocycles. The minimum atomic E-state index is -1.14. The molecule has 6 heterocycles. The van der Waals surface area contributed by atoms with Crippen molar-refractivity contribution in [1.29, 1.82) is 0 Å². The van der Waals surface area contributed by atoms with Crippen LogP contribution >= 0.6 is 0 Å². The summed E-state index contributed by atoms with van der Waals surface area (Å²) in [5, 5.41) is 19.9. The number of ether oxygens (including phenoxy) is 2. The number of nitrogens with one attached hydrogen (secondary N) is 3. The number of phenols is 1. The summed E-state index contributed by atoms with van der Waals surface area (Å²) in [6, 6.07) is 12.6. The number of rotatable bonds is 10. The minimum absolute atomic E-state index is 0.00183. The van der Waals surface area contributed by atoms with Crippen molar-refractivity contribution in [1.82, 2.24) is 40.4 Å². The lowest BCUT2D eigenvalue weighted by Crippen LogP contribution is -2.67. The Bertz CT molecular complexity index is 2660. The second-order valence-electron chi connectivity index (χ2n) is 21.4. The number of aromatic nitrogens is 2. The Morgan fingerprint density at radius 2 is 1.81 bits per heavy atom. The Morgan fingerprint density at radius 1 is 1.06 bits per heavy atom. The Morgan fingerprint density at radius 3 is 2.51 bits per heavy atom. The number of nitrogens with zero attached hydrogens (tertiary/aromatic N) is 5. The highest BCUT2D eigenvalue weighted by atomic mass is 16.5. The minimum Gasteiger partial charge on any atom is -0.508 e. The molecule has 1 aliphatic carbocycles. The zero-order valence-corrected chi connectivity index (χ0v) is 41.3. The molecule has 5 aliphatic rings. The lowest BCUT2D eigenvalue weighted by atomic mass is 9.57. The Labute approximate surface area is 404 Å². The van der Waals surface area contributed by atoms with E-state index in [9.17, 15) is 29.1 Å². The maximum absolute atomic E-state index is 14.8. The molecule has 2 aromatic carbocycles. The van der Waals surface area contributed by atoms with Crippen LogP contribution in [-0.4, -0.2) is 130 Å². The fourth-order valence-electron chi connectivity index (χ4n) is 11.5. The summed E-state index contributed by atoms with van der Waals surface area (Å²) in [4.78, 5) is 78.2. The van der Waals surface area contributed by atoms with Gasteiger partial charge in [-0.1, -0.05) is 39.8 Å². The molecule has 16 heteroatoms. The van der Waals surface area contributed by atoms with E-state index in [0.717, 1.165) is 44.5 Å². The molecule has 3 saturated heterocycles. The van der Waals surface area contributed by atoms with Crippen LogP contribution in [0.25, 0.3) is 33.3 Å². The first kappa shape index (κ1) is 48.2. The number of pyridine rings is 1. The van der Waals surface area contributed by atoms with E-state index in [1.807, 2.05) is 43.9 Å². The number of fused-ring (bicyclic) bond motifs is 6. The van der Waals surface area contributed by atoms with Gasteiger partial charge in [0, 0.05) is 92.7 Å². The molecule has 5 atom stereocenters. The molecular weight excluding hydrogens is 877 g/mol. The molecule has 4 aromatic rings.